The fourth-order valence-electron chi connectivity index (χ4n) is 2.20. The molecule has 0 bridgehead atoms. The van der Waals surface area contributed by atoms with Crippen molar-refractivity contribution in [3.8, 4) is 11.3 Å². The number of hydrogen-bond acceptors (Lipinski definition) is 6. The molecule has 2 aromatic carbocycles. The third-order valence-corrected chi connectivity index (χ3v) is 5.74. The number of sulfonamides is 1. The summed E-state index contributed by atoms with van der Waals surface area (Å²) in [4.78, 5) is 8.04. The molecule has 3 rings (SSSR count). The van der Waals surface area contributed by atoms with Gasteiger partial charge in [0.25, 0.3) is 10.0 Å². The van der Waals surface area contributed by atoms with Gasteiger partial charge < -0.3 is 0 Å². The normalized spacial score (nSPS) is 11.9. The van der Waals surface area contributed by atoms with E-state index in [4.69, 9.17) is 0 Å². The van der Waals surface area contributed by atoms with E-state index >= 15 is 0 Å². The molecule has 0 radical (unpaired) electrons. The first-order valence-electron chi connectivity index (χ1n) is 7.48. The molecule has 0 atom stereocenters. The van der Waals surface area contributed by atoms with Gasteiger partial charge in [-0.05, 0) is 12.1 Å². The van der Waals surface area contributed by atoms with E-state index in [1.807, 2.05) is 0 Å². The number of hydrogen-bond donors (Lipinski definition) is 1. The molecule has 7 nitrogen and oxygen atoms in total. The van der Waals surface area contributed by atoms with Gasteiger partial charge in [-0.1, -0.05) is 48.5 Å². The quantitative estimate of drug-likeness (QED) is 0.672. The highest BCUT2D eigenvalue weighted by atomic mass is 32.2. The van der Waals surface area contributed by atoms with Crippen LogP contribution in [-0.4, -0.2) is 33.1 Å². The topological polar surface area (TPSA) is 106 Å². The van der Waals surface area contributed by atoms with Crippen LogP contribution in [0.2, 0.25) is 0 Å². The van der Waals surface area contributed by atoms with Crippen molar-refractivity contribution in [3.05, 3.63) is 66.7 Å². The first-order valence-corrected chi connectivity index (χ1v) is 10.9. The summed E-state index contributed by atoms with van der Waals surface area (Å²) in [6.45, 7) is 0. The van der Waals surface area contributed by atoms with Crippen LogP contribution >= 0.6 is 0 Å². The van der Waals surface area contributed by atoms with Gasteiger partial charge in [0.2, 0.25) is 5.95 Å². The summed E-state index contributed by atoms with van der Waals surface area (Å²) in [6, 6.07) is 17.8. The largest absolute Gasteiger partial charge is 0.264 e. The number of anilines is 1. The molecule has 26 heavy (non-hydrogen) atoms. The highest BCUT2D eigenvalue weighted by Gasteiger charge is 2.19. The minimum absolute atomic E-state index is 0.0228. The van der Waals surface area contributed by atoms with E-state index in [1.54, 1.807) is 48.5 Å². The summed E-state index contributed by atoms with van der Waals surface area (Å²) < 4.78 is 51.1. The predicted octanol–water partition coefficient (Wildman–Crippen LogP) is 2.35. The molecule has 9 heteroatoms. The van der Waals surface area contributed by atoms with Crippen molar-refractivity contribution in [2.75, 3.05) is 11.0 Å². The molecule has 134 valence electrons. The van der Waals surface area contributed by atoms with Gasteiger partial charge in [-0.25, -0.2) is 31.5 Å². The van der Waals surface area contributed by atoms with Crippen LogP contribution in [-0.2, 0) is 19.9 Å². The van der Waals surface area contributed by atoms with Crippen LogP contribution in [0.3, 0.4) is 0 Å². The van der Waals surface area contributed by atoms with Gasteiger partial charge >= 0.3 is 0 Å². The van der Waals surface area contributed by atoms with Crippen LogP contribution in [0.4, 0.5) is 5.95 Å². The van der Waals surface area contributed by atoms with Crippen molar-refractivity contribution in [1.29, 1.82) is 0 Å². The van der Waals surface area contributed by atoms with Crippen molar-refractivity contribution in [1.82, 2.24) is 9.97 Å². The molecule has 0 unspecified atom stereocenters. The van der Waals surface area contributed by atoms with Crippen LogP contribution in [0.15, 0.2) is 76.7 Å². The van der Waals surface area contributed by atoms with Crippen LogP contribution in [0, 0.1) is 0 Å². The lowest BCUT2D eigenvalue weighted by Gasteiger charge is -2.10. The van der Waals surface area contributed by atoms with Gasteiger partial charge in [-0.15, -0.1) is 0 Å². The van der Waals surface area contributed by atoms with E-state index in [1.165, 1.54) is 18.2 Å². The minimum atomic E-state index is -3.94. The zero-order valence-electron chi connectivity index (χ0n) is 13.7. The van der Waals surface area contributed by atoms with Gasteiger partial charge in [-0.3, -0.25) is 0 Å². The highest BCUT2D eigenvalue weighted by molar-refractivity contribution is 7.92. The summed E-state index contributed by atoms with van der Waals surface area (Å²) in [6.07, 6.45) is 1.000. The van der Waals surface area contributed by atoms with E-state index in [0.717, 1.165) is 6.26 Å². The number of aromatic nitrogens is 2. The molecular formula is C17H15N3O4S2. The van der Waals surface area contributed by atoms with Crippen molar-refractivity contribution in [2.45, 2.75) is 9.92 Å². The Morgan fingerprint density at radius 2 is 1.38 bits per heavy atom. The van der Waals surface area contributed by atoms with Gasteiger partial charge in [0.05, 0.1) is 10.6 Å². The molecule has 1 N–H and O–H groups in total. The zero-order chi connectivity index (χ0) is 18.8. The molecule has 0 aliphatic rings. The third kappa shape index (κ3) is 4.06. The van der Waals surface area contributed by atoms with Gasteiger partial charge in [0.1, 0.15) is 0 Å². The average molecular weight is 389 g/mol. The van der Waals surface area contributed by atoms with Crippen LogP contribution in [0.1, 0.15) is 0 Å². The molecule has 0 saturated carbocycles. The summed E-state index contributed by atoms with van der Waals surface area (Å²) in [5.41, 5.74) is 0.937. The van der Waals surface area contributed by atoms with Crippen LogP contribution < -0.4 is 4.72 Å². The number of nitrogens with one attached hydrogen (secondary N) is 1. The molecule has 0 amide bonds. The number of sulfone groups is 1. The van der Waals surface area contributed by atoms with Gasteiger partial charge in [0, 0.05) is 17.9 Å². The maximum absolute atomic E-state index is 12.5. The molecule has 3 aromatic rings. The fraction of sp³-hybridized carbons (Fsp3) is 0.0588. The molecule has 1 aromatic heterocycles. The summed E-state index contributed by atoms with van der Waals surface area (Å²) >= 11 is 0. The second-order valence-electron chi connectivity index (χ2n) is 5.47. The lowest BCUT2D eigenvalue weighted by molar-refractivity contribution is 0.595. The van der Waals surface area contributed by atoms with E-state index < -0.39 is 19.9 Å². The van der Waals surface area contributed by atoms with Crippen molar-refractivity contribution >= 4 is 25.8 Å². The number of nitrogens with zero attached hydrogens (tertiary/aromatic N) is 2. The van der Waals surface area contributed by atoms with E-state index in [2.05, 4.69) is 14.7 Å². The van der Waals surface area contributed by atoms with E-state index in [0.29, 0.717) is 11.3 Å². The monoisotopic (exact) mass is 389 g/mol. The second kappa shape index (κ2) is 6.85. The molecular weight excluding hydrogens is 374 g/mol. The fourth-order valence-corrected chi connectivity index (χ4v) is 3.74. The molecule has 1 heterocycles. The van der Waals surface area contributed by atoms with Crippen LogP contribution in [0.25, 0.3) is 11.3 Å². The molecule has 0 saturated heterocycles. The Hall–Kier alpha value is -2.78. The van der Waals surface area contributed by atoms with Gasteiger partial charge in [-0.2, -0.15) is 0 Å². The predicted molar refractivity (Wildman–Crippen MR) is 97.8 cm³/mol. The average Bonchev–Trinajstić information content (AvgIpc) is 2.62. The Bertz CT molecular complexity index is 1130. The molecule has 0 aliphatic carbocycles. The minimum Gasteiger partial charge on any atom is -0.247 e. The standard InChI is InChI=1S/C17H15N3O4S2/c1-25(21,22)16-12-15(13-8-4-2-5-9-13)18-17(19-16)20-26(23,24)14-10-6-3-7-11-14/h2-12H,1H3,(H,18,19,20). The van der Waals surface area contributed by atoms with Gasteiger partial charge in [0.15, 0.2) is 14.9 Å². The first kappa shape index (κ1) is 18.0. The van der Waals surface area contributed by atoms with Crippen molar-refractivity contribution < 1.29 is 16.8 Å². The Morgan fingerprint density at radius 3 is 1.96 bits per heavy atom. The van der Waals surface area contributed by atoms with E-state index in [9.17, 15) is 16.8 Å². The molecule has 0 spiro atoms. The Labute approximate surface area is 151 Å². The third-order valence-electron chi connectivity index (χ3n) is 3.43. The van der Waals surface area contributed by atoms with Crippen molar-refractivity contribution in [2.24, 2.45) is 0 Å². The summed E-state index contributed by atoms with van der Waals surface area (Å²) in [7, 11) is -7.61. The maximum atomic E-state index is 12.5. The van der Waals surface area contributed by atoms with E-state index in [-0.39, 0.29) is 15.9 Å². The maximum Gasteiger partial charge on any atom is 0.264 e. The molecule has 0 aliphatic heterocycles. The first-order chi connectivity index (χ1) is 12.3. The molecule has 0 fully saturated rings. The summed E-state index contributed by atoms with van der Waals surface area (Å²) in [5, 5.41) is -0.267. The smallest absolute Gasteiger partial charge is 0.247 e. The second-order valence-corrected chi connectivity index (χ2v) is 9.12. The van der Waals surface area contributed by atoms with Crippen molar-refractivity contribution in [3.63, 3.8) is 0 Å². The zero-order valence-corrected chi connectivity index (χ0v) is 15.3. The lowest BCUT2D eigenvalue weighted by atomic mass is 10.1. The lowest BCUT2D eigenvalue weighted by Crippen LogP contribution is -2.16. The Kier molecular flexibility index (Phi) is 4.75. The highest BCUT2D eigenvalue weighted by Crippen LogP contribution is 2.22. The Morgan fingerprint density at radius 1 is 0.808 bits per heavy atom. The van der Waals surface area contributed by atoms with Crippen LogP contribution in [0.5, 0.6) is 0 Å². The SMILES string of the molecule is CS(=O)(=O)c1cc(-c2ccccc2)nc(NS(=O)(=O)c2ccccc2)n1. The number of benzene rings is 2. The summed E-state index contributed by atoms with van der Waals surface area (Å²) in [5.74, 6) is -0.310. The Balaban J connectivity index is 2.10. The number of rotatable bonds is 5.